The molecule has 29 heavy (non-hydrogen) atoms. The van der Waals surface area contributed by atoms with E-state index in [1.54, 1.807) is 0 Å². The van der Waals surface area contributed by atoms with Gasteiger partial charge in [0, 0.05) is 11.3 Å². The van der Waals surface area contributed by atoms with Crippen LogP contribution in [0.15, 0.2) is 71.7 Å². The molecule has 3 aromatic carbocycles. The summed E-state index contributed by atoms with van der Waals surface area (Å²) in [6.45, 7) is 1.90. The number of guanidine groups is 1. The van der Waals surface area contributed by atoms with Crippen molar-refractivity contribution in [3.63, 3.8) is 0 Å². The quantitative estimate of drug-likeness (QED) is 0.347. The van der Waals surface area contributed by atoms with Gasteiger partial charge in [0.2, 0.25) is 5.13 Å². The fourth-order valence-electron chi connectivity index (χ4n) is 3.08. The Morgan fingerprint density at radius 1 is 1.00 bits per heavy atom. The van der Waals surface area contributed by atoms with Gasteiger partial charge in [-0.05, 0) is 47.5 Å². The van der Waals surface area contributed by atoms with Crippen molar-refractivity contribution >= 4 is 44.8 Å². The Kier molecular flexibility index (Phi) is 4.97. The third-order valence-corrected chi connectivity index (χ3v) is 5.50. The number of aromatic nitrogens is 1. The lowest BCUT2D eigenvalue weighted by molar-refractivity contribution is 0.102. The Morgan fingerprint density at radius 2 is 1.79 bits per heavy atom. The molecule has 0 radical (unpaired) electrons. The number of anilines is 1. The molecule has 4 rings (SSSR count). The van der Waals surface area contributed by atoms with Crippen LogP contribution in [0.3, 0.4) is 0 Å². The average Bonchev–Trinajstić information content (AvgIpc) is 3.07. The topological polar surface area (TPSA) is 106 Å². The Balaban J connectivity index is 1.59. The maximum absolute atomic E-state index is 12.7. The number of carbonyl (C=O) groups excluding carboxylic acids is 1. The Labute approximate surface area is 171 Å². The van der Waals surface area contributed by atoms with E-state index in [1.807, 2.05) is 73.7 Å². The molecule has 0 aliphatic heterocycles. The van der Waals surface area contributed by atoms with Gasteiger partial charge in [-0.1, -0.05) is 53.8 Å². The number of aryl methyl sites for hydroxylation is 1. The van der Waals surface area contributed by atoms with E-state index < -0.39 is 0 Å². The molecule has 0 atom stereocenters. The van der Waals surface area contributed by atoms with E-state index in [-0.39, 0.29) is 11.9 Å². The normalized spacial score (nSPS) is 10.7. The van der Waals surface area contributed by atoms with Crippen LogP contribution in [-0.2, 0) is 0 Å². The standard InChI is InChI=1S/C22H19N5OS/c1-13-19(29-22(25-13)27-21(23)24)16-7-4-8-18(12-16)26-20(28)17-10-9-14-5-2-3-6-15(14)11-17/h2-12H,1H3,(H,26,28)(H4,23,24,25,27). The Hall–Kier alpha value is -3.71. The van der Waals surface area contributed by atoms with E-state index in [2.05, 4.69) is 15.3 Å². The lowest BCUT2D eigenvalue weighted by Gasteiger charge is -2.08. The first kappa shape index (κ1) is 18.6. The molecule has 1 amide bonds. The number of thiazole rings is 1. The van der Waals surface area contributed by atoms with Gasteiger partial charge in [0.15, 0.2) is 5.96 Å². The minimum atomic E-state index is -0.157. The molecule has 1 aromatic heterocycles. The molecule has 0 bridgehead atoms. The lowest BCUT2D eigenvalue weighted by atomic mass is 10.1. The molecule has 6 nitrogen and oxygen atoms in total. The number of benzene rings is 3. The van der Waals surface area contributed by atoms with Crippen molar-refractivity contribution in [1.29, 1.82) is 0 Å². The van der Waals surface area contributed by atoms with Crippen molar-refractivity contribution in [3.05, 3.63) is 78.0 Å². The summed E-state index contributed by atoms with van der Waals surface area (Å²) >= 11 is 1.39. The van der Waals surface area contributed by atoms with Gasteiger partial charge in [-0.25, -0.2) is 4.98 Å². The van der Waals surface area contributed by atoms with E-state index in [0.717, 1.165) is 26.9 Å². The highest BCUT2D eigenvalue weighted by molar-refractivity contribution is 7.18. The molecule has 0 spiro atoms. The summed E-state index contributed by atoms with van der Waals surface area (Å²) in [6.07, 6.45) is 0. The summed E-state index contributed by atoms with van der Waals surface area (Å²) in [4.78, 5) is 22.1. The highest BCUT2D eigenvalue weighted by atomic mass is 32.1. The first-order chi connectivity index (χ1) is 14.0. The van der Waals surface area contributed by atoms with Crippen molar-refractivity contribution in [2.75, 3.05) is 5.32 Å². The van der Waals surface area contributed by atoms with Crippen LogP contribution in [0.4, 0.5) is 10.8 Å². The van der Waals surface area contributed by atoms with Gasteiger partial charge in [-0.2, -0.15) is 4.99 Å². The number of hydrogen-bond donors (Lipinski definition) is 3. The Morgan fingerprint density at radius 3 is 2.59 bits per heavy atom. The fraction of sp³-hybridized carbons (Fsp3) is 0.0455. The minimum absolute atomic E-state index is 0.0262. The van der Waals surface area contributed by atoms with E-state index in [0.29, 0.717) is 16.4 Å². The number of amides is 1. The molecule has 4 aromatic rings. The number of fused-ring (bicyclic) bond motifs is 1. The summed E-state index contributed by atoms with van der Waals surface area (Å²) in [5.41, 5.74) is 14.0. The number of aliphatic imine (C=N–C) groups is 1. The number of hydrogen-bond acceptors (Lipinski definition) is 4. The van der Waals surface area contributed by atoms with Crippen LogP contribution in [0.5, 0.6) is 0 Å². The van der Waals surface area contributed by atoms with Crippen molar-refractivity contribution in [3.8, 4) is 10.4 Å². The first-order valence-corrected chi connectivity index (χ1v) is 9.79. The molecule has 5 N–H and O–H groups in total. The van der Waals surface area contributed by atoms with E-state index in [9.17, 15) is 4.79 Å². The zero-order valence-electron chi connectivity index (χ0n) is 15.7. The highest BCUT2D eigenvalue weighted by Gasteiger charge is 2.12. The van der Waals surface area contributed by atoms with Gasteiger partial charge in [-0.3, -0.25) is 4.79 Å². The van der Waals surface area contributed by atoms with Gasteiger partial charge >= 0.3 is 0 Å². The molecule has 1 heterocycles. The van der Waals surface area contributed by atoms with Crippen LogP contribution in [0.2, 0.25) is 0 Å². The van der Waals surface area contributed by atoms with Gasteiger partial charge in [0.25, 0.3) is 5.91 Å². The molecule has 0 aliphatic rings. The molecule has 0 aliphatic carbocycles. The number of nitrogens with one attached hydrogen (secondary N) is 1. The molecule has 0 fully saturated rings. The van der Waals surface area contributed by atoms with Gasteiger partial charge in [0.05, 0.1) is 10.6 Å². The monoisotopic (exact) mass is 401 g/mol. The molecule has 0 unspecified atom stereocenters. The summed E-state index contributed by atoms with van der Waals surface area (Å²) in [7, 11) is 0. The number of rotatable bonds is 4. The van der Waals surface area contributed by atoms with Crippen LogP contribution in [0, 0.1) is 6.92 Å². The van der Waals surface area contributed by atoms with E-state index >= 15 is 0 Å². The predicted octanol–water partition coefficient (Wildman–Crippen LogP) is 4.43. The van der Waals surface area contributed by atoms with Gasteiger partial charge < -0.3 is 16.8 Å². The number of nitrogens with two attached hydrogens (primary N) is 2. The lowest BCUT2D eigenvalue weighted by Crippen LogP contribution is -2.21. The molecule has 0 saturated carbocycles. The van der Waals surface area contributed by atoms with Crippen LogP contribution < -0.4 is 16.8 Å². The van der Waals surface area contributed by atoms with Crippen LogP contribution in [0.1, 0.15) is 16.1 Å². The summed E-state index contributed by atoms with van der Waals surface area (Å²) in [5.74, 6) is -0.183. The third-order valence-electron chi connectivity index (χ3n) is 4.40. The molecular weight excluding hydrogens is 382 g/mol. The van der Waals surface area contributed by atoms with Crippen LogP contribution >= 0.6 is 11.3 Å². The largest absolute Gasteiger partial charge is 0.370 e. The summed E-state index contributed by atoms with van der Waals surface area (Å²) in [6, 6.07) is 21.3. The van der Waals surface area contributed by atoms with Crippen LogP contribution in [-0.4, -0.2) is 16.9 Å². The van der Waals surface area contributed by atoms with Gasteiger partial charge in [0.1, 0.15) is 0 Å². The van der Waals surface area contributed by atoms with E-state index in [4.69, 9.17) is 11.5 Å². The predicted molar refractivity (Wildman–Crippen MR) is 120 cm³/mol. The SMILES string of the molecule is Cc1nc(N=C(N)N)sc1-c1cccc(NC(=O)c2ccc3ccccc3c2)c1. The van der Waals surface area contributed by atoms with E-state index in [1.165, 1.54) is 11.3 Å². The van der Waals surface area contributed by atoms with Crippen LogP contribution in [0.25, 0.3) is 21.2 Å². The summed E-state index contributed by atoms with van der Waals surface area (Å²) in [5, 5.41) is 5.60. The fourth-order valence-corrected chi connectivity index (χ4v) is 4.03. The maximum Gasteiger partial charge on any atom is 0.255 e. The van der Waals surface area contributed by atoms with Crippen molar-refractivity contribution in [1.82, 2.24) is 4.98 Å². The highest BCUT2D eigenvalue weighted by Crippen LogP contribution is 2.35. The molecule has 7 heteroatoms. The smallest absolute Gasteiger partial charge is 0.255 e. The van der Waals surface area contributed by atoms with Gasteiger partial charge in [-0.15, -0.1) is 0 Å². The molecule has 0 saturated heterocycles. The maximum atomic E-state index is 12.7. The second-order valence-corrected chi connectivity index (χ2v) is 7.52. The average molecular weight is 401 g/mol. The van der Waals surface area contributed by atoms with Crippen molar-refractivity contribution < 1.29 is 4.79 Å². The third kappa shape index (κ3) is 4.09. The second kappa shape index (κ2) is 7.73. The van der Waals surface area contributed by atoms with Crippen molar-refractivity contribution in [2.45, 2.75) is 6.92 Å². The zero-order chi connectivity index (χ0) is 20.4. The molecular formula is C22H19N5OS. The number of carbonyl (C=O) groups is 1. The number of nitrogens with zero attached hydrogens (tertiary/aromatic N) is 2. The zero-order valence-corrected chi connectivity index (χ0v) is 16.5. The second-order valence-electron chi connectivity index (χ2n) is 6.54. The molecule has 144 valence electrons. The minimum Gasteiger partial charge on any atom is -0.370 e. The first-order valence-electron chi connectivity index (χ1n) is 8.97. The van der Waals surface area contributed by atoms with Crippen molar-refractivity contribution in [2.24, 2.45) is 16.5 Å². The summed E-state index contributed by atoms with van der Waals surface area (Å²) < 4.78 is 0. The Bertz CT molecular complexity index is 1240.